The molecule has 0 unspecified atom stereocenters. The summed E-state index contributed by atoms with van der Waals surface area (Å²) in [5.41, 5.74) is 2.65. The number of aliphatic carboxylic acids is 1. The standard InChI is InChI=1S/C21H26N2O4S/c1-6-26-17-10-15(21(3,4)5)18(27-7-2)9-14(17)16-12-23-11-13(8-19(24)25)28-20(23)22-16/h9-12H,6-8H2,1-5H3,(H,24,25). The summed E-state index contributed by atoms with van der Waals surface area (Å²) in [5, 5.41) is 8.98. The summed E-state index contributed by atoms with van der Waals surface area (Å²) >= 11 is 1.38. The lowest BCUT2D eigenvalue weighted by Gasteiger charge is -2.24. The molecule has 0 fully saturated rings. The van der Waals surface area contributed by atoms with Crippen LogP contribution in [0.1, 0.15) is 45.1 Å². The molecule has 28 heavy (non-hydrogen) atoms. The number of thiazole rings is 1. The lowest BCUT2D eigenvalue weighted by molar-refractivity contribution is -0.136. The van der Waals surface area contributed by atoms with E-state index in [2.05, 4.69) is 20.8 Å². The summed E-state index contributed by atoms with van der Waals surface area (Å²) in [4.78, 5) is 17.2. The number of aromatic nitrogens is 2. The SMILES string of the molecule is CCOc1cc(C(C)(C)C)c(OCC)cc1-c1cn2cc(CC(=O)O)sc2n1. The van der Waals surface area contributed by atoms with Crippen molar-refractivity contribution in [3.8, 4) is 22.8 Å². The second kappa shape index (κ2) is 7.83. The van der Waals surface area contributed by atoms with Gasteiger partial charge in [0.1, 0.15) is 11.5 Å². The number of carboxylic acid groups (broad SMARTS) is 1. The first-order chi connectivity index (χ1) is 13.2. The molecular formula is C21H26N2O4S. The largest absolute Gasteiger partial charge is 0.494 e. The van der Waals surface area contributed by atoms with E-state index < -0.39 is 5.97 Å². The minimum atomic E-state index is -0.845. The van der Waals surface area contributed by atoms with Crippen LogP contribution in [0.15, 0.2) is 24.5 Å². The Morgan fingerprint density at radius 3 is 2.39 bits per heavy atom. The Balaban J connectivity index is 2.10. The lowest BCUT2D eigenvalue weighted by Crippen LogP contribution is -2.14. The number of rotatable bonds is 7. The molecule has 0 saturated carbocycles. The summed E-state index contributed by atoms with van der Waals surface area (Å²) in [5.74, 6) is 0.756. The molecule has 0 bridgehead atoms. The third-order valence-electron chi connectivity index (χ3n) is 4.29. The van der Waals surface area contributed by atoms with Gasteiger partial charge in [-0.05, 0) is 31.4 Å². The molecule has 6 nitrogen and oxygen atoms in total. The van der Waals surface area contributed by atoms with Crippen LogP contribution in [0.5, 0.6) is 11.5 Å². The van der Waals surface area contributed by atoms with Crippen molar-refractivity contribution in [1.82, 2.24) is 9.38 Å². The Morgan fingerprint density at radius 2 is 1.82 bits per heavy atom. The van der Waals surface area contributed by atoms with Crippen molar-refractivity contribution in [2.75, 3.05) is 13.2 Å². The topological polar surface area (TPSA) is 73.1 Å². The van der Waals surface area contributed by atoms with Crippen LogP contribution in [0.2, 0.25) is 0 Å². The molecule has 0 radical (unpaired) electrons. The molecule has 0 atom stereocenters. The molecule has 2 aromatic heterocycles. The van der Waals surface area contributed by atoms with E-state index in [4.69, 9.17) is 19.6 Å². The second-order valence-corrected chi connectivity index (χ2v) is 8.64. The maximum atomic E-state index is 10.9. The van der Waals surface area contributed by atoms with Crippen LogP contribution >= 0.6 is 11.3 Å². The van der Waals surface area contributed by atoms with Crippen molar-refractivity contribution in [2.24, 2.45) is 0 Å². The number of ether oxygens (including phenoxy) is 2. The van der Waals surface area contributed by atoms with Gasteiger partial charge in [-0.15, -0.1) is 11.3 Å². The number of imidazole rings is 1. The van der Waals surface area contributed by atoms with Gasteiger partial charge < -0.3 is 14.6 Å². The highest BCUT2D eigenvalue weighted by Gasteiger charge is 2.24. The van der Waals surface area contributed by atoms with E-state index in [0.29, 0.717) is 13.2 Å². The zero-order valence-corrected chi connectivity index (χ0v) is 17.7. The van der Waals surface area contributed by atoms with Crippen LogP contribution in [-0.2, 0) is 16.6 Å². The number of hydrogen-bond donors (Lipinski definition) is 1. The van der Waals surface area contributed by atoms with Crippen LogP contribution in [0, 0.1) is 0 Å². The van der Waals surface area contributed by atoms with E-state index in [1.807, 2.05) is 42.8 Å². The monoisotopic (exact) mass is 402 g/mol. The second-order valence-electron chi connectivity index (χ2n) is 7.54. The molecule has 0 amide bonds. The minimum Gasteiger partial charge on any atom is -0.494 e. The first-order valence-corrected chi connectivity index (χ1v) is 10.2. The van der Waals surface area contributed by atoms with Crippen LogP contribution in [-0.4, -0.2) is 33.7 Å². The molecule has 0 aliphatic heterocycles. The van der Waals surface area contributed by atoms with Crippen LogP contribution in [0.25, 0.3) is 16.2 Å². The van der Waals surface area contributed by atoms with Gasteiger partial charge in [0, 0.05) is 28.4 Å². The van der Waals surface area contributed by atoms with Gasteiger partial charge in [0.05, 0.1) is 25.3 Å². The van der Waals surface area contributed by atoms with E-state index in [0.717, 1.165) is 38.2 Å². The molecule has 150 valence electrons. The third kappa shape index (κ3) is 4.14. The van der Waals surface area contributed by atoms with Crippen molar-refractivity contribution < 1.29 is 19.4 Å². The van der Waals surface area contributed by atoms with Crippen molar-refractivity contribution in [3.05, 3.63) is 35.0 Å². The van der Waals surface area contributed by atoms with Gasteiger partial charge >= 0.3 is 5.97 Å². The number of benzene rings is 1. The molecule has 0 aliphatic carbocycles. The summed E-state index contributed by atoms with van der Waals surface area (Å²) in [6.07, 6.45) is 3.72. The van der Waals surface area contributed by atoms with Gasteiger partial charge in [-0.3, -0.25) is 9.20 Å². The summed E-state index contributed by atoms with van der Waals surface area (Å²) < 4.78 is 13.7. The van der Waals surface area contributed by atoms with E-state index >= 15 is 0 Å². The Bertz CT molecular complexity index is 966. The molecule has 1 aromatic carbocycles. The molecule has 0 aliphatic rings. The third-order valence-corrected chi connectivity index (χ3v) is 5.29. The maximum absolute atomic E-state index is 10.9. The Labute approximate surface area is 168 Å². The van der Waals surface area contributed by atoms with Gasteiger partial charge in [0.2, 0.25) is 0 Å². The Kier molecular flexibility index (Phi) is 5.65. The summed E-state index contributed by atoms with van der Waals surface area (Å²) in [6.45, 7) is 11.5. The number of carbonyl (C=O) groups is 1. The van der Waals surface area contributed by atoms with E-state index in [1.165, 1.54) is 11.3 Å². The maximum Gasteiger partial charge on any atom is 0.308 e. The first-order valence-electron chi connectivity index (χ1n) is 9.36. The number of hydrogen-bond acceptors (Lipinski definition) is 5. The fraction of sp³-hybridized carbons (Fsp3) is 0.429. The molecule has 0 spiro atoms. The predicted molar refractivity (Wildman–Crippen MR) is 111 cm³/mol. The Morgan fingerprint density at radius 1 is 1.14 bits per heavy atom. The fourth-order valence-electron chi connectivity index (χ4n) is 3.10. The fourth-order valence-corrected chi connectivity index (χ4v) is 4.05. The van der Waals surface area contributed by atoms with Crippen molar-refractivity contribution >= 4 is 22.3 Å². The number of carboxylic acids is 1. The Hall–Kier alpha value is -2.54. The number of nitrogens with zero attached hydrogens (tertiary/aromatic N) is 2. The predicted octanol–water partition coefficient (Wildman–Crippen LogP) is 4.78. The van der Waals surface area contributed by atoms with Crippen molar-refractivity contribution in [1.29, 1.82) is 0 Å². The normalized spacial score (nSPS) is 11.8. The van der Waals surface area contributed by atoms with E-state index in [1.54, 1.807) is 0 Å². The average molecular weight is 403 g/mol. The van der Waals surface area contributed by atoms with Gasteiger partial charge in [-0.25, -0.2) is 4.98 Å². The van der Waals surface area contributed by atoms with Crippen LogP contribution in [0.3, 0.4) is 0 Å². The molecule has 7 heteroatoms. The zero-order chi connectivity index (χ0) is 20.5. The lowest BCUT2D eigenvalue weighted by atomic mass is 9.85. The summed E-state index contributed by atoms with van der Waals surface area (Å²) in [6, 6.07) is 4.05. The van der Waals surface area contributed by atoms with Gasteiger partial charge in [-0.1, -0.05) is 20.8 Å². The molecule has 1 N–H and O–H groups in total. The quantitative estimate of drug-likeness (QED) is 0.615. The molecule has 2 heterocycles. The van der Waals surface area contributed by atoms with Gasteiger partial charge in [0.15, 0.2) is 4.96 Å². The van der Waals surface area contributed by atoms with Gasteiger partial charge in [-0.2, -0.15) is 0 Å². The molecular weight excluding hydrogens is 376 g/mol. The van der Waals surface area contributed by atoms with E-state index in [9.17, 15) is 4.79 Å². The van der Waals surface area contributed by atoms with Crippen molar-refractivity contribution in [3.63, 3.8) is 0 Å². The number of fused-ring (bicyclic) bond motifs is 1. The highest BCUT2D eigenvalue weighted by Crippen LogP contribution is 2.41. The summed E-state index contributed by atoms with van der Waals surface area (Å²) in [7, 11) is 0. The smallest absolute Gasteiger partial charge is 0.308 e. The molecule has 0 saturated heterocycles. The highest BCUT2D eigenvalue weighted by molar-refractivity contribution is 7.17. The average Bonchev–Trinajstić information content (AvgIpc) is 3.13. The minimum absolute atomic E-state index is 0.00231. The first kappa shape index (κ1) is 20.2. The van der Waals surface area contributed by atoms with E-state index in [-0.39, 0.29) is 11.8 Å². The van der Waals surface area contributed by atoms with Crippen LogP contribution in [0.4, 0.5) is 0 Å². The van der Waals surface area contributed by atoms with Crippen molar-refractivity contribution in [2.45, 2.75) is 46.5 Å². The van der Waals surface area contributed by atoms with Gasteiger partial charge in [0.25, 0.3) is 0 Å². The highest BCUT2D eigenvalue weighted by atomic mass is 32.1. The zero-order valence-electron chi connectivity index (χ0n) is 16.9. The van der Waals surface area contributed by atoms with Crippen LogP contribution < -0.4 is 9.47 Å². The molecule has 3 rings (SSSR count). The molecule has 3 aromatic rings.